The molecule has 0 saturated carbocycles. The van der Waals surface area contributed by atoms with Gasteiger partial charge in [0.05, 0.1) is 12.6 Å². The highest BCUT2D eigenvalue weighted by Crippen LogP contribution is 2.16. The van der Waals surface area contributed by atoms with Gasteiger partial charge in [-0.05, 0) is 17.5 Å². The van der Waals surface area contributed by atoms with E-state index in [0.717, 1.165) is 11.1 Å². The molecule has 4 N–H and O–H groups in total. The molecule has 6 heteroatoms. The first-order valence-electron chi connectivity index (χ1n) is 6.06. The van der Waals surface area contributed by atoms with E-state index in [2.05, 4.69) is 10.6 Å². The van der Waals surface area contributed by atoms with Crippen LogP contribution in [0.15, 0.2) is 24.3 Å². The normalized spacial score (nSPS) is 19.3. The van der Waals surface area contributed by atoms with Crippen LogP contribution >= 0.6 is 0 Å². The third-order valence-corrected chi connectivity index (χ3v) is 3.15. The molecular weight excluding hydrogens is 248 g/mol. The molecule has 0 aromatic heterocycles. The van der Waals surface area contributed by atoms with Gasteiger partial charge in [-0.15, -0.1) is 0 Å². The van der Waals surface area contributed by atoms with Crippen LogP contribution < -0.4 is 10.6 Å². The standard InChI is InChI=1S/C13H16N2O4/c16-11(13(18)19)7-15-12(17)10-5-8-3-1-2-4-9(8)6-14-10/h1-4,10-11,14,16H,5-7H2,(H,15,17)(H,18,19)/t10-,11-/m0/s1. The number of carboxylic acid groups (broad SMARTS) is 1. The van der Waals surface area contributed by atoms with Crippen molar-refractivity contribution < 1.29 is 19.8 Å². The number of aliphatic hydroxyl groups excluding tert-OH is 1. The number of nitrogens with one attached hydrogen (secondary N) is 2. The van der Waals surface area contributed by atoms with Crippen molar-refractivity contribution in [1.82, 2.24) is 10.6 Å². The number of carboxylic acids is 1. The second-order valence-corrected chi connectivity index (χ2v) is 4.51. The zero-order chi connectivity index (χ0) is 13.8. The molecule has 0 saturated heterocycles. The van der Waals surface area contributed by atoms with Crippen molar-refractivity contribution in [2.45, 2.75) is 25.1 Å². The van der Waals surface area contributed by atoms with Gasteiger partial charge in [0, 0.05) is 6.54 Å². The van der Waals surface area contributed by atoms with Crippen LogP contribution in [0.4, 0.5) is 0 Å². The molecule has 0 aliphatic carbocycles. The van der Waals surface area contributed by atoms with E-state index in [4.69, 9.17) is 10.2 Å². The molecule has 2 atom stereocenters. The first-order chi connectivity index (χ1) is 9.08. The Hall–Kier alpha value is -1.92. The molecule has 1 aliphatic heterocycles. The van der Waals surface area contributed by atoms with Gasteiger partial charge in [0.25, 0.3) is 0 Å². The summed E-state index contributed by atoms with van der Waals surface area (Å²) in [6.07, 6.45) is -1.01. The van der Waals surface area contributed by atoms with Crippen molar-refractivity contribution in [2.75, 3.05) is 6.54 Å². The number of benzene rings is 1. The first-order valence-corrected chi connectivity index (χ1v) is 6.06. The van der Waals surface area contributed by atoms with E-state index in [-0.39, 0.29) is 12.5 Å². The molecular formula is C13H16N2O4. The van der Waals surface area contributed by atoms with Crippen LogP contribution in [0.1, 0.15) is 11.1 Å². The third kappa shape index (κ3) is 3.30. The van der Waals surface area contributed by atoms with E-state index >= 15 is 0 Å². The number of carbonyl (C=O) groups excluding carboxylic acids is 1. The van der Waals surface area contributed by atoms with Gasteiger partial charge >= 0.3 is 5.97 Å². The Morgan fingerprint density at radius 3 is 2.74 bits per heavy atom. The Morgan fingerprint density at radius 2 is 2.05 bits per heavy atom. The molecule has 102 valence electrons. The molecule has 2 rings (SSSR count). The highest BCUT2D eigenvalue weighted by atomic mass is 16.4. The van der Waals surface area contributed by atoms with Crippen LogP contribution in [0, 0.1) is 0 Å². The summed E-state index contributed by atoms with van der Waals surface area (Å²) < 4.78 is 0. The van der Waals surface area contributed by atoms with Crippen molar-refractivity contribution in [3.63, 3.8) is 0 Å². The lowest BCUT2D eigenvalue weighted by molar-refractivity contribution is -0.146. The zero-order valence-corrected chi connectivity index (χ0v) is 10.3. The van der Waals surface area contributed by atoms with Crippen molar-refractivity contribution in [3.05, 3.63) is 35.4 Å². The van der Waals surface area contributed by atoms with Gasteiger partial charge in [0.1, 0.15) is 0 Å². The smallest absolute Gasteiger partial charge is 0.334 e. The maximum atomic E-state index is 11.9. The minimum atomic E-state index is -1.57. The van der Waals surface area contributed by atoms with Crippen molar-refractivity contribution in [3.8, 4) is 0 Å². The van der Waals surface area contributed by atoms with Crippen LogP contribution in [-0.2, 0) is 22.6 Å². The molecule has 0 fully saturated rings. The number of carbonyl (C=O) groups is 2. The van der Waals surface area contributed by atoms with Crippen molar-refractivity contribution >= 4 is 11.9 Å². The molecule has 1 aromatic carbocycles. The fourth-order valence-electron chi connectivity index (χ4n) is 2.05. The molecule has 1 aliphatic rings. The lowest BCUT2D eigenvalue weighted by Crippen LogP contribution is -2.49. The van der Waals surface area contributed by atoms with E-state index < -0.39 is 18.1 Å². The highest BCUT2D eigenvalue weighted by molar-refractivity contribution is 5.83. The summed E-state index contributed by atoms with van der Waals surface area (Å²) in [4.78, 5) is 22.3. The second kappa shape index (κ2) is 5.81. The number of amides is 1. The van der Waals surface area contributed by atoms with E-state index in [0.29, 0.717) is 13.0 Å². The Labute approximate surface area is 110 Å². The summed E-state index contributed by atoms with van der Waals surface area (Å²) in [7, 11) is 0. The average molecular weight is 264 g/mol. The molecule has 1 amide bonds. The number of hydrogen-bond acceptors (Lipinski definition) is 4. The molecule has 19 heavy (non-hydrogen) atoms. The molecule has 6 nitrogen and oxygen atoms in total. The number of hydrogen-bond donors (Lipinski definition) is 4. The summed E-state index contributed by atoms with van der Waals surface area (Å²) >= 11 is 0. The monoisotopic (exact) mass is 264 g/mol. The molecule has 1 heterocycles. The van der Waals surface area contributed by atoms with Crippen LogP contribution in [-0.4, -0.2) is 40.8 Å². The summed E-state index contributed by atoms with van der Waals surface area (Å²) in [6.45, 7) is 0.323. The Balaban J connectivity index is 1.90. The van der Waals surface area contributed by atoms with E-state index in [1.165, 1.54) is 0 Å². The quantitative estimate of drug-likeness (QED) is 0.574. The number of aliphatic hydroxyl groups is 1. The predicted molar refractivity (Wildman–Crippen MR) is 67.4 cm³/mol. The summed E-state index contributed by atoms with van der Waals surface area (Å²) in [6, 6.07) is 7.46. The third-order valence-electron chi connectivity index (χ3n) is 3.15. The minimum Gasteiger partial charge on any atom is -0.479 e. The van der Waals surface area contributed by atoms with E-state index in [1.807, 2.05) is 24.3 Å². The topological polar surface area (TPSA) is 98.7 Å². The van der Waals surface area contributed by atoms with Crippen molar-refractivity contribution in [2.24, 2.45) is 0 Å². The summed E-state index contributed by atoms with van der Waals surface area (Å²) in [5, 5.41) is 23.1. The predicted octanol–water partition coefficient (Wildman–Crippen LogP) is -0.737. The maximum absolute atomic E-state index is 11.9. The van der Waals surface area contributed by atoms with Gasteiger partial charge in [0.2, 0.25) is 5.91 Å². The molecule has 0 bridgehead atoms. The fraction of sp³-hybridized carbons (Fsp3) is 0.385. The van der Waals surface area contributed by atoms with E-state index in [1.54, 1.807) is 0 Å². The minimum absolute atomic E-state index is 0.284. The van der Waals surface area contributed by atoms with Gasteiger partial charge in [-0.3, -0.25) is 4.79 Å². The Kier molecular flexibility index (Phi) is 4.13. The zero-order valence-electron chi connectivity index (χ0n) is 10.3. The highest BCUT2D eigenvalue weighted by Gasteiger charge is 2.24. The van der Waals surface area contributed by atoms with Gasteiger partial charge in [-0.25, -0.2) is 4.79 Å². The van der Waals surface area contributed by atoms with E-state index in [9.17, 15) is 9.59 Å². The SMILES string of the molecule is O=C(NC[C@H](O)C(=O)O)[C@@H]1Cc2ccccc2CN1. The maximum Gasteiger partial charge on any atom is 0.334 e. The van der Waals surface area contributed by atoms with Gasteiger partial charge in [0.15, 0.2) is 6.10 Å². The fourth-order valence-corrected chi connectivity index (χ4v) is 2.05. The summed E-state index contributed by atoms with van der Waals surface area (Å²) in [5.74, 6) is -1.64. The van der Waals surface area contributed by atoms with Crippen molar-refractivity contribution in [1.29, 1.82) is 0 Å². The second-order valence-electron chi connectivity index (χ2n) is 4.51. The van der Waals surface area contributed by atoms with Gasteiger partial charge in [-0.1, -0.05) is 24.3 Å². The van der Waals surface area contributed by atoms with Crippen LogP contribution in [0.25, 0.3) is 0 Å². The molecule has 0 unspecified atom stereocenters. The number of fused-ring (bicyclic) bond motifs is 1. The number of aliphatic carboxylic acids is 1. The lowest BCUT2D eigenvalue weighted by atomic mass is 9.95. The molecule has 0 radical (unpaired) electrons. The van der Waals surface area contributed by atoms with Crippen LogP contribution in [0.3, 0.4) is 0 Å². The molecule has 1 aromatic rings. The Morgan fingerprint density at radius 1 is 1.37 bits per heavy atom. The van der Waals surface area contributed by atoms with Crippen LogP contribution in [0.2, 0.25) is 0 Å². The number of rotatable bonds is 4. The van der Waals surface area contributed by atoms with Gasteiger partial charge < -0.3 is 20.8 Å². The largest absolute Gasteiger partial charge is 0.479 e. The lowest BCUT2D eigenvalue weighted by Gasteiger charge is -2.25. The average Bonchev–Trinajstić information content (AvgIpc) is 2.43. The Bertz CT molecular complexity index is 489. The first kappa shape index (κ1) is 13.5. The summed E-state index contributed by atoms with van der Waals surface area (Å²) in [5.41, 5.74) is 2.28. The van der Waals surface area contributed by atoms with Gasteiger partial charge in [-0.2, -0.15) is 0 Å². The van der Waals surface area contributed by atoms with Crippen LogP contribution in [0.5, 0.6) is 0 Å². The molecule has 0 spiro atoms.